The summed E-state index contributed by atoms with van der Waals surface area (Å²) in [6.07, 6.45) is -1.58. The molecule has 66 valence electrons. The first-order chi connectivity index (χ1) is 5.54. The van der Waals surface area contributed by atoms with Crippen molar-refractivity contribution >= 4 is 45.2 Å². The van der Waals surface area contributed by atoms with Crippen LogP contribution in [0.25, 0.3) is 0 Å². The maximum absolute atomic E-state index is 12.7. The first kappa shape index (κ1) is 10.5. The maximum atomic E-state index is 12.7. The zero-order chi connectivity index (χ0) is 9.30. The van der Waals surface area contributed by atoms with E-state index in [9.17, 15) is 13.2 Å². The van der Waals surface area contributed by atoms with Crippen LogP contribution in [0.5, 0.6) is 0 Å². The minimum absolute atomic E-state index is 0.232. The van der Waals surface area contributed by atoms with E-state index in [4.69, 9.17) is 0 Å². The Hall–Kier alpha value is 0.400. The highest BCUT2D eigenvalue weighted by molar-refractivity contribution is 14.1. The number of hydrogen-bond donors (Lipinski definition) is 0. The number of aromatic nitrogens is 1. The van der Waals surface area contributed by atoms with Crippen LogP contribution in [0.4, 0.5) is 13.2 Å². The molecule has 1 nitrogen and oxygen atoms in total. The normalized spacial score (nSPS) is 10.8. The molecule has 0 aliphatic rings. The van der Waals surface area contributed by atoms with Gasteiger partial charge in [-0.05, 0) is 45.2 Å². The molecule has 0 unspecified atom stereocenters. The van der Waals surface area contributed by atoms with E-state index in [2.05, 4.69) is 4.98 Å². The van der Waals surface area contributed by atoms with Crippen molar-refractivity contribution in [1.29, 1.82) is 0 Å². The first-order valence-corrected chi connectivity index (χ1v) is 4.97. The molecule has 1 rings (SSSR count). The van der Waals surface area contributed by atoms with Crippen molar-refractivity contribution in [2.45, 2.75) is 6.43 Å². The average molecular weight is 399 g/mol. The summed E-state index contributed by atoms with van der Waals surface area (Å²) in [5, 5.41) is 0. The monoisotopic (exact) mass is 399 g/mol. The largest absolute Gasteiger partial charge is 0.269 e. The molecule has 1 heterocycles. The van der Waals surface area contributed by atoms with Gasteiger partial charge >= 0.3 is 0 Å². The molecule has 0 fully saturated rings. The van der Waals surface area contributed by atoms with Crippen molar-refractivity contribution in [3.8, 4) is 0 Å². The van der Waals surface area contributed by atoms with E-state index in [-0.39, 0.29) is 3.57 Å². The van der Waals surface area contributed by atoms with Crippen LogP contribution >= 0.6 is 45.2 Å². The Morgan fingerprint density at radius 3 is 2.33 bits per heavy atom. The third-order valence-corrected chi connectivity index (χ3v) is 4.19. The lowest BCUT2D eigenvalue weighted by Crippen LogP contribution is -2.00. The van der Waals surface area contributed by atoms with Crippen LogP contribution in [0.3, 0.4) is 0 Å². The van der Waals surface area contributed by atoms with Gasteiger partial charge < -0.3 is 0 Å². The van der Waals surface area contributed by atoms with Crippen molar-refractivity contribution in [2.75, 3.05) is 0 Å². The molecular formula is C6H2F3I2N. The van der Waals surface area contributed by atoms with E-state index in [0.717, 1.165) is 0 Å². The Morgan fingerprint density at radius 1 is 1.33 bits per heavy atom. The Labute approximate surface area is 94.0 Å². The van der Waals surface area contributed by atoms with Crippen molar-refractivity contribution in [1.82, 2.24) is 4.98 Å². The molecule has 0 saturated carbocycles. The highest BCUT2D eigenvalue weighted by Crippen LogP contribution is 2.28. The predicted octanol–water partition coefficient (Wildman–Crippen LogP) is 3.37. The van der Waals surface area contributed by atoms with Gasteiger partial charge in [0.1, 0.15) is 0 Å². The maximum Gasteiger partial charge on any atom is 0.269 e. The van der Waals surface area contributed by atoms with E-state index >= 15 is 0 Å². The zero-order valence-electron chi connectivity index (χ0n) is 5.49. The van der Waals surface area contributed by atoms with Gasteiger partial charge in [0.2, 0.25) is 5.95 Å². The molecule has 1 aromatic rings. The summed E-state index contributed by atoms with van der Waals surface area (Å²) in [5.74, 6) is -1.09. The van der Waals surface area contributed by atoms with Gasteiger partial charge in [-0.25, -0.2) is 13.8 Å². The molecule has 0 atom stereocenters. The molecular weight excluding hydrogens is 397 g/mol. The number of halogens is 5. The van der Waals surface area contributed by atoms with Gasteiger partial charge in [0.15, 0.2) is 0 Å². The van der Waals surface area contributed by atoms with E-state index in [1.54, 1.807) is 22.6 Å². The number of alkyl halides is 2. The molecule has 0 bridgehead atoms. The summed E-state index contributed by atoms with van der Waals surface area (Å²) in [5.41, 5.74) is -0.609. The Morgan fingerprint density at radius 2 is 1.92 bits per heavy atom. The Kier molecular flexibility index (Phi) is 3.56. The SMILES string of the molecule is Fc1ncc(I)c(I)c1C(F)F. The van der Waals surface area contributed by atoms with Crippen LogP contribution < -0.4 is 0 Å². The fourth-order valence-corrected chi connectivity index (χ4v) is 1.67. The van der Waals surface area contributed by atoms with Crippen molar-refractivity contribution in [3.05, 3.63) is 24.8 Å². The molecule has 0 amide bonds. The summed E-state index contributed by atoms with van der Waals surface area (Å²) in [6, 6.07) is 0. The minimum atomic E-state index is -2.81. The third kappa shape index (κ3) is 2.01. The molecule has 0 N–H and O–H groups in total. The van der Waals surface area contributed by atoms with Gasteiger partial charge in [-0.2, -0.15) is 4.39 Å². The number of hydrogen-bond acceptors (Lipinski definition) is 1. The lowest BCUT2D eigenvalue weighted by atomic mass is 10.3. The molecule has 12 heavy (non-hydrogen) atoms. The summed E-state index contributed by atoms with van der Waals surface area (Å²) < 4.78 is 37.8. The third-order valence-electron chi connectivity index (χ3n) is 1.18. The second kappa shape index (κ2) is 4.07. The number of pyridine rings is 1. The van der Waals surface area contributed by atoms with E-state index in [1.807, 2.05) is 22.6 Å². The van der Waals surface area contributed by atoms with Gasteiger partial charge in [0, 0.05) is 13.3 Å². The minimum Gasteiger partial charge on any atom is -0.227 e. The summed E-state index contributed by atoms with van der Waals surface area (Å²) in [6.45, 7) is 0. The zero-order valence-corrected chi connectivity index (χ0v) is 9.81. The van der Waals surface area contributed by atoms with Gasteiger partial charge in [0.25, 0.3) is 6.43 Å². The first-order valence-electron chi connectivity index (χ1n) is 2.81. The van der Waals surface area contributed by atoms with E-state index in [0.29, 0.717) is 3.57 Å². The second-order valence-electron chi connectivity index (χ2n) is 1.93. The molecule has 0 aliphatic carbocycles. The molecule has 0 saturated heterocycles. The van der Waals surface area contributed by atoms with Crippen LogP contribution in [-0.2, 0) is 0 Å². The molecule has 0 aromatic carbocycles. The van der Waals surface area contributed by atoms with Crippen LogP contribution in [0.15, 0.2) is 6.20 Å². The van der Waals surface area contributed by atoms with Crippen molar-refractivity contribution < 1.29 is 13.2 Å². The summed E-state index contributed by atoms with van der Waals surface area (Å²) in [4.78, 5) is 3.20. The van der Waals surface area contributed by atoms with Gasteiger partial charge in [0.05, 0.1) is 5.56 Å². The second-order valence-corrected chi connectivity index (χ2v) is 4.17. The molecule has 0 radical (unpaired) electrons. The Balaban J connectivity index is 3.33. The lowest BCUT2D eigenvalue weighted by molar-refractivity contribution is 0.144. The van der Waals surface area contributed by atoms with Gasteiger partial charge in [-0.15, -0.1) is 0 Å². The summed E-state index contributed by atoms with van der Waals surface area (Å²) >= 11 is 3.51. The van der Waals surface area contributed by atoms with Crippen LogP contribution in [0, 0.1) is 13.1 Å². The number of rotatable bonds is 1. The standard InChI is InChI=1S/C6H2F3I2N/c7-5(8)3-4(11)2(10)1-12-6(3)9/h1,5H. The van der Waals surface area contributed by atoms with Crippen LogP contribution in [0.2, 0.25) is 0 Å². The van der Waals surface area contributed by atoms with Crippen LogP contribution in [0.1, 0.15) is 12.0 Å². The fraction of sp³-hybridized carbons (Fsp3) is 0.167. The van der Waals surface area contributed by atoms with Crippen molar-refractivity contribution in [3.63, 3.8) is 0 Å². The smallest absolute Gasteiger partial charge is 0.227 e. The molecule has 0 aliphatic heterocycles. The quantitative estimate of drug-likeness (QED) is 0.522. The topological polar surface area (TPSA) is 12.9 Å². The highest BCUT2D eigenvalue weighted by atomic mass is 127. The summed E-state index contributed by atoms with van der Waals surface area (Å²) in [7, 11) is 0. The molecule has 6 heteroatoms. The van der Waals surface area contributed by atoms with Gasteiger partial charge in [-0.1, -0.05) is 0 Å². The lowest BCUT2D eigenvalue weighted by Gasteiger charge is -2.04. The van der Waals surface area contributed by atoms with Crippen molar-refractivity contribution in [2.24, 2.45) is 0 Å². The van der Waals surface area contributed by atoms with E-state index in [1.165, 1.54) is 6.20 Å². The molecule has 1 aromatic heterocycles. The predicted molar refractivity (Wildman–Crippen MR) is 54.6 cm³/mol. The molecule has 0 spiro atoms. The average Bonchev–Trinajstić information content (AvgIpc) is 1.97. The van der Waals surface area contributed by atoms with E-state index < -0.39 is 17.9 Å². The van der Waals surface area contributed by atoms with Crippen LogP contribution in [-0.4, -0.2) is 4.98 Å². The number of nitrogens with zero attached hydrogens (tertiary/aromatic N) is 1. The fourth-order valence-electron chi connectivity index (χ4n) is 0.645. The van der Waals surface area contributed by atoms with Gasteiger partial charge in [-0.3, -0.25) is 0 Å². The highest BCUT2D eigenvalue weighted by Gasteiger charge is 2.19. The Bertz CT molecular complexity index is 303.